The fourth-order valence-electron chi connectivity index (χ4n) is 11.7. The van der Waals surface area contributed by atoms with Crippen LogP contribution in [0, 0.1) is 40.4 Å². The highest BCUT2D eigenvalue weighted by Gasteiger charge is 3.02. The average Bonchev–Trinajstić information content (AvgIpc) is 3.84. The lowest BCUT2D eigenvalue weighted by Gasteiger charge is -2.39. The van der Waals surface area contributed by atoms with Gasteiger partial charge in [-0.05, 0) is 80.9 Å². The van der Waals surface area contributed by atoms with E-state index in [0.29, 0.717) is 37.0 Å². The number of carbonyl (C=O) groups is 4. The Balaban J connectivity index is 0.892. The van der Waals surface area contributed by atoms with E-state index in [1.807, 2.05) is 22.9 Å². The van der Waals surface area contributed by atoms with E-state index >= 15 is 0 Å². The zero-order valence-electron chi connectivity index (χ0n) is 22.6. The van der Waals surface area contributed by atoms with Crippen molar-refractivity contribution >= 4 is 23.4 Å². The summed E-state index contributed by atoms with van der Waals surface area (Å²) in [6, 6.07) is 0. The maximum atomic E-state index is 14.2. The van der Waals surface area contributed by atoms with Gasteiger partial charge in [-0.3, -0.25) is 19.2 Å². The maximum absolute atomic E-state index is 14.2. The molecule has 1 N–H and O–H groups in total. The van der Waals surface area contributed by atoms with E-state index in [4.69, 9.17) is 0 Å². The monoisotopic (exact) mass is 531 g/mol. The summed E-state index contributed by atoms with van der Waals surface area (Å²) in [5.74, 6) is 1.11. The standard InChI is InChI=1S/C33H29N3O4/c1-15-3-4-19-20(37)5-22-32(24(15)19)7-17(32)10-35(22)27(39)29-12-30(14-31(29,30)13-29)28(40)36-11-18-8-33(18)23(36)6-21(38)26-25(33)16(2)9-34-26/h3,5-6,9,17-18,34H,4,7-8,10-14H2,1-2H3. The largest absolute Gasteiger partial charge is 0.358 e. The van der Waals surface area contributed by atoms with Gasteiger partial charge in [-0.25, -0.2) is 0 Å². The minimum Gasteiger partial charge on any atom is -0.358 e. The zero-order valence-corrected chi connectivity index (χ0v) is 22.6. The van der Waals surface area contributed by atoms with E-state index in [1.54, 1.807) is 12.2 Å². The van der Waals surface area contributed by atoms with Crippen LogP contribution in [-0.4, -0.2) is 51.3 Å². The Labute approximate surface area is 231 Å². The first-order valence-electron chi connectivity index (χ1n) is 14.9. The molecule has 1 aromatic heterocycles. The molecule has 2 aliphatic heterocycles. The highest BCUT2D eigenvalue weighted by atomic mass is 16.2. The third-order valence-electron chi connectivity index (χ3n) is 13.6. The number of carbonyl (C=O) groups excluding carboxylic acids is 4. The van der Waals surface area contributed by atoms with Crippen molar-refractivity contribution in [3.63, 3.8) is 0 Å². The second kappa shape index (κ2) is 5.53. The Morgan fingerprint density at radius 2 is 1.50 bits per heavy atom. The Kier molecular flexibility index (Phi) is 2.94. The first-order valence-corrected chi connectivity index (χ1v) is 14.9. The maximum Gasteiger partial charge on any atom is 0.233 e. The van der Waals surface area contributed by atoms with Crippen molar-refractivity contribution in [3.8, 4) is 0 Å². The number of allylic oxidation sites excluding steroid dienone is 7. The van der Waals surface area contributed by atoms with Gasteiger partial charge >= 0.3 is 0 Å². The van der Waals surface area contributed by atoms with Crippen molar-refractivity contribution in [3.05, 3.63) is 69.4 Å². The number of nitrogens with zero attached hydrogens (tertiary/aromatic N) is 2. The molecular formula is C33H29N3O4. The quantitative estimate of drug-likeness (QED) is 0.631. The summed E-state index contributed by atoms with van der Waals surface area (Å²) in [4.78, 5) is 61.6. The summed E-state index contributed by atoms with van der Waals surface area (Å²) in [5, 5.41) is 0. The smallest absolute Gasteiger partial charge is 0.233 e. The van der Waals surface area contributed by atoms with E-state index in [-0.39, 0.29) is 39.6 Å². The molecule has 7 fully saturated rings. The van der Waals surface area contributed by atoms with Gasteiger partial charge in [0.2, 0.25) is 17.6 Å². The van der Waals surface area contributed by atoms with E-state index in [0.717, 1.165) is 60.2 Å². The number of piperidine rings is 2. The van der Waals surface area contributed by atoms with Gasteiger partial charge in [0.25, 0.3) is 0 Å². The van der Waals surface area contributed by atoms with Crippen LogP contribution in [0.3, 0.4) is 0 Å². The molecule has 0 bridgehead atoms. The Morgan fingerprint density at radius 1 is 0.875 bits per heavy atom. The molecule has 1 aromatic rings. The molecule has 7 nitrogen and oxygen atoms in total. The zero-order chi connectivity index (χ0) is 26.9. The summed E-state index contributed by atoms with van der Waals surface area (Å²) in [7, 11) is 0. The number of likely N-dealkylation sites (tertiary alicyclic amines) is 2. The lowest BCUT2D eigenvalue weighted by Crippen LogP contribution is -2.49. The molecule has 2 saturated heterocycles. The van der Waals surface area contributed by atoms with Crippen LogP contribution in [0.4, 0.5) is 0 Å². The molecule has 7 unspecified atom stereocenters. The molecule has 200 valence electrons. The van der Waals surface area contributed by atoms with Crippen LogP contribution in [-0.2, 0) is 19.8 Å². The summed E-state index contributed by atoms with van der Waals surface area (Å²) >= 11 is 0. The topological polar surface area (TPSA) is 90.6 Å². The van der Waals surface area contributed by atoms with E-state index < -0.39 is 10.8 Å². The van der Waals surface area contributed by atoms with E-state index in [2.05, 4.69) is 18.0 Å². The van der Waals surface area contributed by atoms with Crippen molar-refractivity contribution in [1.82, 2.24) is 14.8 Å². The van der Waals surface area contributed by atoms with Crippen LogP contribution < -0.4 is 0 Å². The normalized spacial score (nSPS) is 46.5. The number of H-pyrrole nitrogens is 1. The molecule has 0 aromatic carbocycles. The summed E-state index contributed by atoms with van der Waals surface area (Å²) in [6.45, 7) is 5.53. The first kappa shape index (κ1) is 21.3. The molecule has 5 saturated carbocycles. The number of hydrogen-bond acceptors (Lipinski definition) is 4. The lowest BCUT2D eigenvalue weighted by atomic mass is 9.72. The van der Waals surface area contributed by atoms with Gasteiger partial charge < -0.3 is 14.8 Å². The molecule has 3 heterocycles. The van der Waals surface area contributed by atoms with Crippen LogP contribution in [0.5, 0.6) is 0 Å². The second-order valence-electron chi connectivity index (χ2n) is 14.8. The van der Waals surface area contributed by atoms with Crippen LogP contribution in [0.2, 0.25) is 0 Å². The number of nitrogens with one attached hydrogen (secondary N) is 1. The van der Waals surface area contributed by atoms with Crippen LogP contribution in [0.25, 0.3) is 0 Å². The minimum atomic E-state index is -0.449. The predicted octanol–water partition coefficient (Wildman–Crippen LogP) is 3.64. The van der Waals surface area contributed by atoms with Crippen LogP contribution >= 0.6 is 0 Å². The number of fused-ring (bicyclic) bond motifs is 1. The van der Waals surface area contributed by atoms with Gasteiger partial charge in [0.1, 0.15) is 0 Å². The van der Waals surface area contributed by atoms with Gasteiger partial charge in [-0.1, -0.05) is 11.6 Å². The summed E-state index contributed by atoms with van der Waals surface area (Å²) in [5.41, 5.74) is 6.67. The molecule has 7 heteroatoms. The highest BCUT2D eigenvalue weighted by molar-refractivity contribution is 6.11. The third kappa shape index (κ3) is 1.76. The van der Waals surface area contributed by atoms with Crippen molar-refractivity contribution in [2.24, 2.45) is 33.5 Å². The number of aromatic amines is 1. The number of ketones is 2. The Hall–Kier alpha value is -3.48. The molecule has 10 aliphatic rings. The molecule has 3 spiro atoms. The third-order valence-corrected chi connectivity index (χ3v) is 13.6. The van der Waals surface area contributed by atoms with Gasteiger partial charge in [-0.15, -0.1) is 0 Å². The average molecular weight is 532 g/mol. The first-order chi connectivity index (χ1) is 19.2. The lowest BCUT2D eigenvalue weighted by molar-refractivity contribution is -0.146. The Bertz CT molecular complexity index is 1820. The number of aryl methyl sites for hydroxylation is 1. The molecule has 40 heavy (non-hydrogen) atoms. The van der Waals surface area contributed by atoms with E-state index in [9.17, 15) is 19.2 Å². The molecule has 0 radical (unpaired) electrons. The number of aromatic nitrogens is 1. The molecule has 7 atom stereocenters. The number of amides is 2. The van der Waals surface area contributed by atoms with Crippen LogP contribution in [0.1, 0.15) is 67.1 Å². The Morgan fingerprint density at radius 3 is 2.20 bits per heavy atom. The molecular weight excluding hydrogens is 502 g/mol. The van der Waals surface area contributed by atoms with Gasteiger partial charge in [0.05, 0.1) is 16.5 Å². The van der Waals surface area contributed by atoms with Crippen LogP contribution in [0.15, 0.2) is 52.5 Å². The molecule has 8 aliphatic carbocycles. The SMILES string of the molecule is CC1=CCC2=C1C13CC1CN(C(=O)C14CC5(C(=O)N6CC7CC78C6=CC(=O)c6[nH]cc(C)c68)CC15C4)C3=CC2=O. The van der Waals surface area contributed by atoms with Gasteiger partial charge in [-0.2, -0.15) is 0 Å². The van der Waals surface area contributed by atoms with Gasteiger partial charge in [0, 0.05) is 64.7 Å². The van der Waals surface area contributed by atoms with Crippen molar-refractivity contribution in [1.29, 1.82) is 0 Å². The molecule has 2 amide bonds. The fraction of sp³-hybridized carbons (Fsp3) is 0.515. The minimum absolute atomic E-state index is 0.0379. The predicted molar refractivity (Wildman–Crippen MR) is 141 cm³/mol. The highest BCUT2D eigenvalue weighted by Crippen LogP contribution is 3.01. The second-order valence-corrected chi connectivity index (χ2v) is 14.8. The van der Waals surface area contributed by atoms with Crippen molar-refractivity contribution in [2.45, 2.75) is 57.8 Å². The number of rotatable bonds is 2. The summed E-state index contributed by atoms with van der Waals surface area (Å²) < 4.78 is 0. The van der Waals surface area contributed by atoms with Gasteiger partial charge in [0.15, 0.2) is 5.78 Å². The summed E-state index contributed by atoms with van der Waals surface area (Å²) in [6.07, 6.45) is 12.5. The van der Waals surface area contributed by atoms with Crippen molar-refractivity contribution < 1.29 is 19.2 Å². The number of hydrogen-bond donors (Lipinski definition) is 1. The molecule has 11 rings (SSSR count). The fourth-order valence-corrected chi connectivity index (χ4v) is 11.7. The van der Waals surface area contributed by atoms with Crippen molar-refractivity contribution in [2.75, 3.05) is 13.1 Å². The van der Waals surface area contributed by atoms with E-state index in [1.165, 1.54) is 11.1 Å².